The van der Waals surface area contributed by atoms with Crippen molar-refractivity contribution >= 4 is 5.91 Å². The van der Waals surface area contributed by atoms with Crippen molar-refractivity contribution in [1.82, 2.24) is 0 Å². The van der Waals surface area contributed by atoms with Crippen LogP contribution in [0.2, 0.25) is 0 Å². The van der Waals surface area contributed by atoms with E-state index < -0.39 is 5.91 Å². The van der Waals surface area contributed by atoms with Gasteiger partial charge in [0.1, 0.15) is 5.75 Å². The molecule has 110 valence electrons. The number of carbonyl (C=O) groups excluding carboxylic acids is 1. The molecule has 0 aromatic heterocycles. The summed E-state index contributed by atoms with van der Waals surface area (Å²) in [7, 11) is 0. The van der Waals surface area contributed by atoms with E-state index in [4.69, 9.17) is 11.5 Å². The minimum Gasteiger partial charge on any atom is -0.507 e. The van der Waals surface area contributed by atoms with Gasteiger partial charge in [-0.25, -0.2) is 0 Å². The molecule has 0 aliphatic heterocycles. The Kier molecular flexibility index (Phi) is 4.95. The Morgan fingerprint density at radius 3 is 2.43 bits per heavy atom. The van der Waals surface area contributed by atoms with Gasteiger partial charge in [0.25, 0.3) is 5.91 Å². The molecule has 0 radical (unpaired) electrons. The summed E-state index contributed by atoms with van der Waals surface area (Å²) < 4.78 is 0. The monoisotopic (exact) mass is 284 g/mol. The lowest BCUT2D eigenvalue weighted by molar-refractivity contribution is 0.0997. The maximum atomic E-state index is 11.2. The molecule has 5 N–H and O–H groups in total. The lowest BCUT2D eigenvalue weighted by atomic mass is 9.99. The van der Waals surface area contributed by atoms with E-state index in [-0.39, 0.29) is 11.3 Å². The molecule has 1 amide bonds. The third-order valence-electron chi connectivity index (χ3n) is 3.58. The summed E-state index contributed by atoms with van der Waals surface area (Å²) in [5.41, 5.74) is 14.5. The number of hydrogen-bond acceptors (Lipinski definition) is 3. The van der Waals surface area contributed by atoms with Gasteiger partial charge in [0.2, 0.25) is 0 Å². The lowest BCUT2D eigenvalue weighted by Gasteiger charge is -2.08. The van der Waals surface area contributed by atoms with Crippen molar-refractivity contribution in [2.24, 2.45) is 11.5 Å². The average molecular weight is 284 g/mol. The Balaban J connectivity index is 2.00. The molecule has 0 aliphatic carbocycles. The van der Waals surface area contributed by atoms with E-state index in [0.717, 1.165) is 24.8 Å². The molecule has 2 aromatic rings. The number of aromatic hydroxyl groups is 1. The van der Waals surface area contributed by atoms with Crippen LogP contribution in [0.1, 0.15) is 33.5 Å². The lowest BCUT2D eigenvalue weighted by Crippen LogP contribution is -2.11. The molecule has 0 atom stereocenters. The zero-order chi connectivity index (χ0) is 15.2. The fraction of sp³-hybridized carbons (Fsp3) is 0.235. The van der Waals surface area contributed by atoms with Crippen molar-refractivity contribution in [1.29, 1.82) is 0 Å². The molecule has 2 rings (SSSR count). The molecule has 0 bridgehead atoms. The maximum absolute atomic E-state index is 11.2. The second kappa shape index (κ2) is 6.90. The van der Waals surface area contributed by atoms with Crippen molar-refractivity contribution in [2.45, 2.75) is 25.8 Å². The minimum atomic E-state index is -0.608. The summed E-state index contributed by atoms with van der Waals surface area (Å²) in [6.07, 6.45) is 2.69. The van der Waals surface area contributed by atoms with Crippen LogP contribution in [-0.4, -0.2) is 11.0 Å². The number of amides is 1. The number of primary amides is 1. The van der Waals surface area contributed by atoms with Gasteiger partial charge in [0.05, 0.1) is 5.56 Å². The molecule has 21 heavy (non-hydrogen) atoms. The molecule has 0 heterocycles. The van der Waals surface area contributed by atoms with Gasteiger partial charge < -0.3 is 16.6 Å². The van der Waals surface area contributed by atoms with Crippen molar-refractivity contribution in [2.75, 3.05) is 0 Å². The van der Waals surface area contributed by atoms with Gasteiger partial charge in [-0.05, 0) is 48.1 Å². The van der Waals surface area contributed by atoms with Crippen molar-refractivity contribution in [3.63, 3.8) is 0 Å². The second-order valence-corrected chi connectivity index (χ2v) is 5.04. The number of carbonyl (C=O) groups is 1. The first-order valence-electron chi connectivity index (χ1n) is 7.00. The average Bonchev–Trinajstić information content (AvgIpc) is 2.49. The van der Waals surface area contributed by atoms with E-state index in [1.807, 2.05) is 24.3 Å². The van der Waals surface area contributed by atoms with E-state index in [9.17, 15) is 9.90 Å². The fourth-order valence-corrected chi connectivity index (χ4v) is 2.42. The number of aryl methyl sites for hydroxylation is 2. The topological polar surface area (TPSA) is 89.3 Å². The third kappa shape index (κ3) is 3.83. The SMILES string of the molecule is NCc1ccccc1CCCc1ccc(O)c(C(N)=O)c1. The molecule has 0 spiro atoms. The highest BCUT2D eigenvalue weighted by atomic mass is 16.3. The summed E-state index contributed by atoms with van der Waals surface area (Å²) in [6.45, 7) is 0.543. The first kappa shape index (κ1) is 15.1. The molecule has 0 aliphatic rings. The van der Waals surface area contributed by atoms with Crippen molar-refractivity contribution in [3.05, 3.63) is 64.7 Å². The van der Waals surface area contributed by atoms with Gasteiger partial charge in [-0.2, -0.15) is 0 Å². The van der Waals surface area contributed by atoms with Crippen LogP contribution < -0.4 is 11.5 Å². The van der Waals surface area contributed by atoms with Crippen LogP contribution in [-0.2, 0) is 19.4 Å². The first-order chi connectivity index (χ1) is 10.1. The van der Waals surface area contributed by atoms with Gasteiger partial charge in [0.15, 0.2) is 0 Å². The number of phenols is 1. The molecule has 0 saturated carbocycles. The smallest absolute Gasteiger partial charge is 0.252 e. The van der Waals surface area contributed by atoms with Crippen LogP contribution in [0.5, 0.6) is 5.75 Å². The van der Waals surface area contributed by atoms with Crippen LogP contribution in [0, 0.1) is 0 Å². The first-order valence-corrected chi connectivity index (χ1v) is 7.00. The quantitative estimate of drug-likeness (QED) is 0.759. The molecule has 0 unspecified atom stereocenters. The molecular formula is C17H20N2O2. The second-order valence-electron chi connectivity index (χ2n) is 5.04. The Labute approximate surface area is 124 Å². The molecule has 2 aromatic carbocycles. The van der Waals surface area contributed by atoms with E-state index in [1.54, 1.807) is 6.07 Å². The standard InChI is InChI=1S/C17H20N2O2/c18-11-14-6-2-1-5-13(14)7-3-4-12-8-9-16(20)15(10-12)17(19)21/h1-2,5-6,8-10,20H,3-4,7,11,18H2,(H2,19,21). The largest absolute Gasteiger partial charge is 0.507 e. The number of benzene rings is 2. The Morgan fingerprint density at radius 1 is 1.05 bits per heavy atom. The predicted octanol–water partition coefficient (Wildman–Crippen LogP) is 2.13. The summed E-state index contributed by atoms with van der Waals surface area (Å²) >= 11 is 0. The zero-order valence-electron chi connectivity index (χ0n) is 11.9. The van der Waals surface area contributed by atoms with Crippen LogP contribution in [0.25, 0.3) is 0 Å². The normalized spacial score (nSPS) is 10.5. The number of hydrogen-bond donors (Lipinski definition) is 3. The summed E-state index contributed by atoms with van der Waals surface area (Å²) in [6, 6.07) is 13.1. The fourth-order valence-electron chi connectivity index (χ4n) is 2.42. The van der Waals surface area contributed by atoms with Gasteiger partial charge in [-0.15, -0.1) is 0 Å². The predicted molar refractivity (Wildman–Crippen MR) is 83.0 cm³/mol. The van der Waals surface area contributed by atoms with E-state index >= 15 is 0 Å². The third-order valence-corrected chi connectivity index (χ3v) is 3.58. The van der Waals surface area contributed by atoms with Gasteiger partial charge in [-0.1, -0.05) is 30.3 Å². The summed E-state index contributed by atoms with van der Waals surface area (Å²) in [4.78, 5) is 11.2. The molecular weight excluding hydrogens is 264 g/mol. The highest BCUT2D eigenvalue weighted by Gasteiger charge is 2.08. The molecule has 0 saturated heterocycles. The van der Waals surface area contributed by atoms with E-state index in [1.165, 1.54) is 17.2 Å². The van der Waals surface area contributed by atoms with Crippen LogP contribution in [0.3, 0.4) is 0 Å². The van der Waals surface area contributed by atoms with Gasteiger partial charge >= 0.3 is 0 Å². The van der Waals surface area contributed by atoms with E-state index in [2.05, 4.69) is 6.07 Å². The Bertz CT molecular complexity index is 638. The summed E-state index contributed by atoms with van der Waals surface area (Å²) in [5.74, 6) is -0.678. The van der Waals surface area contributed by atoms with E-state index in [0.29, 0.717) is 6.54 Å². The van der Waals surface area contributed by atoms with Gasteiger partial charge in [-0.3, -0.25) is 4.79 Å². The molecule has 4 nitrogen and oxygen atoms in total. The zero-order valence-corrected chi connectivity index (χ0v) is 11.9. The highest BCUT2D eigenvalue weighted by Crippen LogP contribution is 2.19. The molecule has 4 heteroatoms. The highest BCUT2D eigenvalue weighted by molar-refractivity contribution is 5.95. The number of rotatable bonds is 6. The summed E-state index contributed by atoms with van der Waals surface area (Å²) in [5, 5.41) is 9.56. The maximum Gasteiger partial charge on any atom is 0.252 e. The Morgan fingerprint density at radius 2 is 1.76 bits per heavy atom. The van der Waals surface area contributed by atoms with Gasteiger partial charge in [0, 0.05) is 6.54 Å². The van der Waals surface area contributed by atoms with Crippen LogP contribution >= 0.6 is 0 Å². The Hall–Kier alpha value is -2.33. The molecule has 0 fully saturated rings. The number of nitrogens with two attached hydrogens (primary N) is 2. The van der Waals surface area contributed by atoms with Crippen LogP contribution in [0.15, 0.2) is 42.5 Å². The van der Waals surface area contributed by atoms with Crippen LogP contribution in [0.4, 0.5) is 0 Å². The minimum absolute atomic E-state index is 0.0697. The van der Waals surface area contributed by atoms with Crippen molar-refractivity contribution in [3.8, 4) is 5.75 Å². The van der Waals surface area contributed by atoms with Crippen molar-refractivity contribution < 1.29 is 9.90 Å².